The number of aryl methyl sites for hydroxylation is 1. The van der Waals surface area contributed by atoms with Gasteiger partial charge in [0, 0.05) is 0 Å². The first-order chi connectivity index (χ1) is 6.95. The second kappa shape index (κ2) is 5.24. The topological polar surface area (TPSA) is 63.6 Å². The molecule has 4 nitrogen and oxygen atoms in total. The standard InChI is InChI=1S/C9H13IO4S/c1-3-10(11)14-15(12,13)9-6-4-8(2)5-7-9/h4-7,11H,3H2,1-2H3. The number of alkyl halides is 1. The molecule has 0 aromatic heterocycles. The molecule has 0 saturated heterocycles. The Balaban J connectivity index is 2.91. The molecule has 0 aliphatic carbocycles. The van der Waals surface area contributed by atoms with Gasteiger partial charge in [0.25, 0.3) is 0 Å². The molecule has 1 N–H and O–H groups in total. The quantitative estimate of drug-likeness (QED) is 0.671. The van der Waals surface area contributed by atoms with Crippen LogP contribution in [0.25, 0.3) is 0 Å². The molecule has 0 aliphatic heterocycles. The predicted molar refractivity (Wildman–Crippen MR) is 66.2 cm³/mol. The van der Waals surface area contributed by atoms with Crippen molar-refractivity contribution in [3.05, 3.63) is 29.8 Å². The Morgan fingerprint density at radius 1 is 1.33 bits per heavy atom. The van der Waals surface area contributed by atoms with Crippen LogP contribution in [0.15, 0.2) is 29.2 Å². The van der Waals surface area contributed by atoms with Crippen LogP contribution >= 0.6 is 20.6 Å². The summed E-state index contributed by atoms with van der Waals surface area (Å²) < 4.78 is 37.5. The molecular formula is C9H13IO4S. The number of hydrogen-bond donors (Lipinski definition) is 1. The van der Waals surface area contributed by atoms with Crippen LogP contribution in [0.1, 0.15) is 12.5 Å². The van der Waals surface area contributed by atoms with Crippen LogP contribution in [-0.4, -0.2) is 16.3 Å². The normalized spacial score (nSPS) is 12.6. The van der Waals surface area contributed by atoms with E-state index in [1.54, 1.807) is 19.1 Å². The Morgan fingerprint density at radius 3 is 2.33 bits per heavy atom. The maximum atomic E-state index is 11.6. The third-order valence-electron chi connectivity index (χ3n) is 1.69. The summed E-state index contributed by atoms with van der Waals surface area (Å²) in [5.41, 5.74) is 0.976. The van der Waals surface area contributed by atoms with Crippen LogP contribution in [0.2, 0.25) is 0 Å². The fourth-order valence-corrected chi connectivity index (χ4v) is 4.73. The van der Waals surface area contributed by atoms with Gasteiger partial charge in [-0.1, -0.05) is 0 Å². The van der Waals surface area contributed by atoms with Gasteiger partial charge in [-0.25, -0.2) is 0 Å². The Morgan fingerprint density at radius 2 is 1.87 bits per heavy atom. The number of benzene rings is 1. The summed E-state index contributed by atoms with van der Waals surface area (Å²) in [5, 5.41) is 0. The minimum atomic E-state index is -3.77. The molecule has 0 radical (unpaired) electrons. The molecule has 0 amide bonds. The number of rotatable bonds is 4. The second-order valence-electron chi connectivity index (χ2n) is 2.90. The SMILES string of the molecule is CCI(O)OS(=O)(=O)c1ccc(C)cc1. The fraction of sp³-hybridized carbons (Fsp3) is 0.333. The van der Waals surface area contributed by atoms with Crippen LogP contribution in [0, 0.1) is 6.92 Å². The van der Waals surface area contributed by atoms with Gasteiger partial charge in [0.2, 0.25) is 0 Å². The summed E-state index contributed by atoms with van der Waals surface area (Å²) in [5.74, 6) is 0. The van der Waals surface area contributed by atoms with Gasteiger partial charge in [0.05, 0.1) is 0 Å². The van der Waals surface area contributed by atoms with Gasteiger partial charge in [-0.2, -0.15) is 0 Å². The molecule has 0 fully saturated rings. The summed E-state index contributed by atoms with van der Waals surface area (Å²) in [7, 11) is -3.77. The average Bonchev–Trinajstić information content (AvgIpc) is 2.17. The molecule has 86 valence electrons. The van der Waals surface area contributed by atoms with Gasteiger partial charge >= 0.3 is 98.1 Å². The molecule has 1 rings (SSSR count). The first-order valence-corrected chi connectivity index (χ1v) is 9.10. The van der Waals surface area contributed by atoms with Crippen LogP contribution in [0.3, 0.4) is 0 Å². The van der Waals surface area contributed by atoms with Crippen LogP contribution < -0.4 is 0 Å². The molecule has 0 aliphatic rings. The van der Waals surface area contributed by atoms with E-state index >= 15 is 0 Å². The van der Waals surface area contributed by atoms with Gasteiger partial charge < -0.3 is 0 Å². The van der Waals surface area contributed by atoms with E-state index in [9.17, 15) is 11.9 Å². The molecule has 1 aromatic carbocycles. The molecule has 6 heteroatoms. The molecular weight excluding hydrogens is 331 g/mol. The monoisotopic (exact) mass is 344 g/mol. The van der Waals surface area contributed by atoms with Crippen molar-refractivity contribution in [3.8, 4) is 0 Å². The molecule has 0 bridgehead atoms. The van der Waals surface area contributed by atoms with Crippen molar-refractivity contribution >= 4 is 30.8 Å². The van der Waals surface area contributed by atoms with Crippen molar-refractivity contribution in [2.24, 2.45) is 0 Å². The predicted octanol–water partition coefficient (Wildman–Crippen LogP) is 2.05. The second-order valence-corrected chi connectivity index (χ2v) is 8.70. The third-order valence-corrected chi connectivity index (χ3v) is 6.83. The van der Waals surface area contributed by atoms with E-state index in [0.717, 1.165) is 5.56 Å². The summed E-state index contributed by atoms with van der Waals surface area (Å²) in [4.78, 5) is 0.0953. The van der Waals surface area contributed by atoms with E-state index in [0.29, 0.717) is 4.43 Å². The zero-order chi connectivity index (χ0) is 11.5. The van der Waals surface area contributed by atoms with Gasteiger partial charge in [-0.3, -0.25) is 0 Å². The zero-order valence-corrected chi connectivity index (χ0v) is 11.4. The van der Waals surface area contributed by atoms with E-state index in [1.807, 2.05) is 6.92 Å². The summed E-state index contributed by atoms with van der Waals surface area (Å²) >= 11 is -2.74. The molecule has 0 atom stereocenters. The van der Waals surface area contributed by atoms with E-state index in [4.69, 9.17) is 2.51 Å². The van der Waals surface area contributed by atoms with Gasteiger partial charge in [0.15, 0.2) is 0 Å². The van der Waals surface area contributed by atoms with Crippen molar-refractivity contribution in [1.29, 1.82) is 0 Å². The number of hydrogen-bond acceptors (Lipinski definition) is 4. The van der Waals surface area contributed by atoms with Crippen molar-refractivity contribution < 1.29 is 14.4 Å². The first kappa shape index (κ1) is 12.9. The van der Waals surface area contributed by atoms with Crippen LogP contribution in [0.5, 0.6) is 0 Å². The first-order valence-electron chi connectivity index (χ1n) is 4.32. The van der Waals surface area contributed by atoms with Gasteiger partial charge in [-0.15, -0.1) is 0 Å². The molecule has 0 spiro atoms. The maximum absolute atomic E-state index is 11.6. The summed E-state index contributed by atoms with van der Waals surface area (Å²) in [6.07, 6.45) is 0. The van der Waals surface area contributed by atoms with E-state index < -0.39 is 30.8 Å². The molecule has 1 aromatic rings. The van der Waals surface area contributed by atoms with Crippen LogP contribution in [0.4, 0.5) is 0 Å². The molecule has 0 saturated carbocycles. The zero-order valence-electron chi connectivity index (χ0n) is 8.47. The van der Waals surface area contributed by atoms with Crippen molar-refractivity contribution in [2.75, 3.05) is 4.43 Å². The van der Waals surface area contributed by atoms with E-state index in [2.05, 4.69) is 0 Å². The molecule has 0 unspecified atom stereocenters. The Kier molecular flexibility index (Phi) is 4.50. The summed E-state index contributed by atoms with van der Waals surface area (Å²) in [6.45, 7) is 3.57. The third kappa shape index (κ3) is 3.71. The van der Waals surface area contributed by atoms with E-state index in [1.165, 1.54) is 12.1 Å². The van der Waals surface area contributed by atoms with Crippen LogP contribution in [-0.2, 0) is 12.6 Å². The Hall–Kier alpha value is -0.180. The van der Waals surface area contributed by atoms with Gasteiger partial charge in [-0.05, 0) is 0 Å². The Bertz CT molecular complexity index is 412. The Labute approximate surface area is 97.9 Å². The minimum absolute atomic E-state index is 0.0953. The van der Waals surface area contributed by atoms with Crippen molar-refractivity contribution in [1.82, 2.24) is 0 Å². The van der Waals surface area contributed by atoms with Gasteiger partial charge in [0.1, 0.15) is 0 Å². The van der Waals surface area contributed by atoms with E-state index in [-0.39, 0.29) is 4.90 Å². The molecule has 0 heterocycles. The number of halogens is 1. The molecule has 15 heavy (non-hydrogen) atoms. The average molecular weight is 344 g/mol. The van der Waals surface area contributed by atoms with Crippen molar-refractivity contribution in [2.45, 2.75) is 18.7 Å². The summed E-state index contributed by atoms with van der Waals surface area (Å²) in [6, 6.07) is 6.34. The van der Waals surface area contributed by atoms with Crippen molar-refractivity contribution in [3.63, 3.8) is 0 Å². The fourth-order valence-electron chi connectivity index (χ4n) is 0.882.